The molecule has 0 aliphatic carbocycles. The molecule has 0 aliphatic heterocycles. The zero-order valence-electron chi connectivity index (χ0n) is 9.79. The lowest BCUT2D eigenvalue weighted by Gasteiger charge is -2.11. The Kier molecular flexibility index (Phi) is 3.33. The summed E-state index contributed by atoms with van der Waals surface area (Å²) >= 11 is 2.28. The molecule has 0 atom stereocenters. The van der Waals surface area contributed by atoms with Crippen LogP contribution in [0, 0.1) is 24.3 Å². The van der Waals surface area contributed by atoms with Gasteiger partial charge in [0.1, 0.15) is 0 Å². The molecule has 1 heterocycles. The summed E-state index contributed by atoms with van der Waals surface area (Å²) < 4.78 is 3.17. The van der Waals surface area contributed by atoms with E-state index in [0.717, 1.165) is 6.54 Å². The number of aromatic nitrogens is 2. The minimum absolute atomic E-state index is 0.862. The quantitative estimate of drug-likeness (QED) is 0.773. The lowest BCUT2D eigenvalue weighted by Crippen LogP contribution is -2.04. The zero-order valence-corrected chi connectivity index (χ0v) is 11.9. The van der Waals surface area contributed by atoms with Gasteiger partial charge in [0.25, 0.3) is 0 Å². The molecule has 84 valence electrons. The van der Waals surface area contributed by atoms with Gasteiger partial charge in [0.05, 0.1) is 16.3 Å². The van der Waals surface area contributed by atoms with Crippen LogP contribution in [0.4, 0.5) is 0 Å². The molecule has 0 radical (unpaired) electrons. The van der Waals surface area contributed by atoms with E-state index in [1.165, 1.54) is 25.8 Å². The topological polar surface area (TPSA) is 17.8 Å². The van der Waals surface area contributed by atoms with Crippen molar-refractivity contribution in [3.63, 3.8) is 0 Å². The fourth-order valence-corrected chi connectivity index (χ4v) is 2.49. The van der Waals surface area contributed by atoms with Gasteiger partial charge in [-0.3, -0.25) is 4.68 Å². The molecule has 1 aromatic carbocycles. The standard InChI is InChI=1S/C13H15IN2/c1-9-4-10(2)13(11(3)5-9)8-16-7-12(14)6-15-16/h4-7H,8H2,1-3H3. The Morgan fingerprint density at radius 2 is 1.81 bits per heavy atom. The summed E-state index contributed by atoms with van der Waals surface area (Å²) in [6, 6.07) is 4.47. The van der Waals surface area contributed by atoms with Crippen molar-refractivity contribution in [2.75, 3.05) is 0 Å². The zero-order chi connectivity index (χ0) is 11.7. The highest BCUT2D eigenvalue weighted by molar-refractivity contribution is 14.1. The van der Waals surface area contributed by atoms with E-state index >= 15 is 0 Å². The fourth-order valence-electron chi connectivity index (χ4n) is 2.05. The highest BCUT2D eigenvalue weighted by Crippen LogP contribution is 2.17. The summed E-state index contributed by atoms with van der Waals surface area (Å²) in [4.78, 5) is 0. The van der Waals surface area contributed by atoms with Gasteiger partial charge in [-0.25, -0.2) is 0 Å². The maximum absolute atomic E-state index is 4.32. The van der Waals surface area contributed by atoms with E-state index in [1.807, 2.05) is 10.9 Å². The van der Waals surface area contributed by atoms with Crippen molar-refractivity contribution >= 4 is 22.6 Å². The third-order valence-electron chi connectivity index (χ3n) is 2.76. The smallest absolute Gasteiger partial charge is 0.0664 e. The monoisotopic (exact) mass is 326 g/mol. The number of rotatable bonds is 2. The van der Waals surface area contributed by atoms with Crippen LogP contribution in [0.1, 0.15) is 22.3 Å². The Labute approximate surface area is 110 Å². The van der Waals surface area contributed by atoms with E-state index in [2.05, 4.69) is 66.8 Å². The third-order valence-corrected chi connectivity index (χ3v) is 3.32. The van der Waals surface area contributed by atoms with Crippen LogP contribution in [0.25, 0.3) is 0 Å². The van der Waals surface area contributed by atoms with Crippen LogP contribution >= 0.6 is 22.6 Å². The fraction of sp³-hybridized carbons (Fsp3) is 0.308. The van der Waals surface area contributed by atoms with Gasteiger partial charge >= 0.3 is 0 Å². The van der Waals surface area contributed by atoms with Crippen molar-refractivity contribution in [1.29, 1.82) is 0 Å². The first-order chi connectivity index (χ1) is 7.56. The van der Waals surface area contributed by atoms with Crippen LogP contribution < -0.4 is 0 Å². The molecular weight excluding hydrogens is 311 g/mol. The van der Waals surface area contributed by atoms with Gasteiger partial charge in [-0.1, -0.05) is 17.7 Å². The molecule has 0 spiro atoms. The largest absolute Gasteiger partial charge is 0.267 e. The lowest BCUT2D eigenvalue weighted by molar-refractivity contribution is 0.680. The van der Waals surface area contributed by atoms with E-state index in [9.17, 15) is 0 Å². The first-order valence-corrected chi connectivity index (χ1v) is 6.39. The van der Waals surface area contributed by atoms with Crippen molar-refractivity contribution in [2.24, 2.45) is 0 Å². The van der Waals surface area contributed by atoms with Gasteiger partial charge < -0.3 is 0 Å². The molecule has 0 fully saturated rings. The SMILES string of the molecule is Cc1cc(C)c(Cn2cc(I)cn2)c(C)c1. The van der Waals surface area contributed by atoms with Gasteiger partial charge in [-0.05, 0) is 60.1 Å². The van der Waals surface area contributed by atoms with Crippen LogP contribution in [-0.4, -0.2) is 9.78 Å². The predicted octanol–water partition coefficient (Wildman–Crippen LogP) is 3.46. The van der Waals surface area contributed by atoms with E-state index in [1.54, 1.807) is 0 Å². The van der Waals surface area contributed by atoms with Gasteiger partial charge in [0, 0.05) is 6.20 Å². The highest BCUT2D eigenvalue weighted by atomic mass is 127. The van der Waals surface area contributed by atoms with Crippen LogP contribution in [0.3, 0.4) is 0 Å². The normalized spacial score (nSPS) is 10.8. The third kappa shape index (κ3) is 2.45. The van der Waals surface area contributed by atoms with Crippen molar-refractivity contribution < 1.29 is 0 Å². The molecule has 0 saturated heterocycles. The Morgan fingerprint density at radius 3 is 2.31 bits per heavy atom. The number of aryl methyl sites for hydroxylation is 3. The molecule has 0 aliphatic rings. The maximum Gasteiger partial charge on any atom is 0.0664 e. The summed E-state index contributed by atoms with van der Waals surface area (Å²) in [6.45, 7) is 7.34. The Bertz CT molecular complexity index is 491. The van der Waals surface area contributed by atoms with E-state index in [0.29, 0.717) is 0 Å². The minimum Gasteiger partial charge on any atom is -0.267 e. The molecule has 2 nitrogen and oxygen atoms in total. The van der Waals surface area contributed by atoms with Crippen LogP contribution in [0.15, 0.2) is 24.5 Å². The number of halogens is 1. The maximum atomic E-state index is 4.32. The average Bonchev–Trinajstić information content (AvgIpc) is 2.58. The second kappa shape index (κ2) is 4.57. The number of benzene rings is 1. The second-order valence-electron chi connectivity index (χ2n) is 4.23. The first-order valence-electron chi connectivity index (χ1n) is 5.31. The average molecular weight is 326 g/mol. The second-order valence-corrected chi connectivity index (χ2v) is 5.48. The van der Waals surface area contributed by atoms with Crippen LogP contribution in [-0.2, 0) is 6.54 Å². The van der Waals surface area contributed by atoms with Gasteiger partial charge in [-0.15, -0.1) is 0 Å². The Morgan fingerprint density at radius 1 is 1.19 bits per heavy atom. The summed E-state index contributed by atoms with van der Waals surface area (Å²) in [6.07, 6.45) is 3.96. The minimum atomic E-state index is 0.862. The molecular formula is C13H15IN2. The summed E-state index contributed by atoms with van der Waals surface area (Å²) in [5.41, 5.74) is 5.41. The lowest BCUT2D eigenvalue weighted by atomic mass is 10.00. The Hall–Kier alpha value is -0.840. The van der Waals surface area contributed by atoms with Gasteiger partial charge in [0.15, 0.2) is 0 Å². The molecule has 1 aromatic heterocycles. The molecule has 16 heavy (non-hydrogen) atoms. The molecule has 0 bridgehead atoms. The highest BCUT2D eigenvalue weighted by Gasteiger charge is 2.05. The molecule has 0 unspecified atom stereocenters. The molecule has 2 aromatic rings. The van der Waals surface area contributed by atoms with Crippen LogP contribution in [0.2, 0.25) is 0 Å². The summed E-state index contributed by atoms with van der Waals surface area (Å²) in [5.74, 6) is 0. The van der Waals surface area contributed by atoms with E-state index < -0.39 is 0 Å². The van der Waals surface area contributed by atoms with Crippen LogP contribution in [0.5, 0.6) is 0 Å². The molecule has 0 amide bonds. The predicted molar refractivity (Wildman–Crippen MR) is 74.7 cm³/mol. The number of nitrogens with zero attached hydrogens (tertiary/aromatic N) is 2. The first kappa shape index (κ1) is 11.6. The molecule has 2 rings (SSSR count). The van der Waals surface area contributed by atoms with E-state index in [4.69, 9.17) is 0 Å². The summed E-state index contributed by atoms with van der Waals surface area (Å²) in [7, 11) is 0. The van der Waals surface area contributed by atoms with E-state index in [-0.39, 0.29) is 0 Å². The van der Waals surface area contributed by atoms with Gasteiger partial charge in [0.2, 0.25) is 0 Å². The van der Waals surface area contributed by atoms with Crippen molar-refractivity contribution in [1.82, 2.24) is 9.78 Å². The van der Waals surface area contributed by atoms with Gasteiger partial charge in [-0.2, -0.15) is 5.10 Å². The Balaban J connectivity index is 2.34. The molecule has 3 heteroatoms. The van der Waals surface area contributed by atoms with Crippen molar-refractivity contribution in [2.45, 2.75) is 27.3 Å². The number of hydrogen-bond acceptors (Lipinski definition) is 1. The summed E-state index contributed by atoms with van der Waals surface area (Å²) in [5, 5.41) is 4.32. The molecule has 0 saturated carbocycles. The molecule has 0 N–H and O–H groups in total. The number of hydrogen-bond donors (Lipinski definition) is 0. The van der Waals surface area contributed by atoms with Crippen molar-refractivity contribution in [3.8, 4) is 0 Å². The van der Waals surface area contributed by atoms with Crippen molar-refractivity contribution in [3.05, 3.63) is 50.4 Å².